The lowest BCUT2D eigenvalue weighted by molar-refractivity contribution is 0.0696. The Hall–Kier alpha value is -4.34. The van der Waals surface area contributed by atoms with Crippen LogP contribution in [0, 0.1) is 17.5 Å². The van der Waals surface area contributed by atoms with Crippen LogP contribution in [0.1, 0.15) is 10.4 Å². The Morgan fingerprint density at radius 3 is 2.48 bits per heavy atom. The molecule has 7 nitrogen and oxygen atoms in total. The van der Waals surface area contributed by atoms with Crippen LogP contribution in [0.4, 0.5) is 18.9 Å². The number of pyridine rings is 2. The molecular formula is C21H10F3N3O4. The number of carboxylic acids is 1. The Bertz CT molecular complexity index is 1620. The standard InChI is InChI=1S/C21H10F3N3O4/c22-9-1-2-10-11(7-9)31-20-14(21(29)30)19(28)13-17(25)15(23)12(8-3-5-26-6-4-8)16(24)18(13)27(10)20/h1-7H,25H2,(H,29,30). The first-order chi connectivity index (χ1) is 14.8. The number of hydrogen-bond acceptors (Lipinski definition) is 5. The Morgan fingerprint density at radius 1 is 1.10 bits per heavy atom. The van der Waals surface area contributed by atoms with Gasteiger partial charge in [-0.2, -0.15) is 0 Å². The fraction of sp³-hybridized carbons (Fsp3) is 0. The molecule has 3 N–H and O–H groups in total. The molecule has 3 aromatic heterocycles. The lowest BCUT2D eigenvalue weighted by Gasteiger charge is -2.13. The molecule has 0 fully saturated rings. The van der Waals surface area contributed by atoms with E-state index in [4.69, 9.17) is 10.2 Å². The number of hydrogen-bond donors (Lipinski definition) is 2. The van der Waals surface area contributed by atoms with Crippen molar-refractivity contribution in [2.24, 2.45) is 0 Å². The number of rotatable bonds is 2. The van der Waals surface area contributed by atoms with Crippen molar-refractivity contribution >= 4 is 39.4 Å². The Morgan fingerprint density at radius 2 is 1.81 bits per heavy atom. The normalized spacial score (nSPS) is 11.6. The van der Waals surface area contributed by atoms with E-state index in [2.05, 4.69) is 4.98 Å². The number of fused-ring (bicyclic) bond motifs is 5. The highest BCUT2D eigenvalue weighted by Gasteiger charge is 2.30. The molecule has 3 heterocycles. The first kappa shape index (κ1) is 18.7. The van der Waals surface area contributed by atoms with E-state index >= 15 is 8.78 Å². The maximum absolute atomic E-state index is 15.8. The van der Waals surface area contributed by atoms with Crippen LogP contribution in [-0.4, -0.2) is 20.5 Å². The molecule has 5 aromatic rings. The van der Waals surface area contributed by atoms with Crippen molar-refractivity contribution in [1.29, 1.82) is 0 Å². The van der Waals surface area contributed by atoms with Gasteiger partial charge < -0.3 is 15.3 Å². The fourth-order valence-corrected chi connectivity index (χ4v) is 3.72. The summed E-state index contributed by atoms with van der Waals surface area (Å²) < 4.78 is 51.0. The summed E-state index contributed by atoms with van der Waals surface area (Å²) in [5, 5.41) is 8.92. The van der Waals surface area contributed by atoms with E-state index in [1.165, 1.54) is 30.6 Å². The van der Waals surface area contributed by atoms with Gasteiger partial charge >= 0.3 is 5.97 Å². The third kappa shape index (κ3) is 2.44. The van der Waals surface area contributed by atoms with E-state index in [0.29, 0.717) is 0 Å². The number of carbonyl (C=O) groups is 1. The van der Waals surface area contributed by atoms with Crippen LogP contribution >= 0.6 is 0 Å². The van der Waals surface area contributed by atoms with Crippen molar-refractivity contribution < 1.29 is 27.5 Å². The van der Waals surface area contributed by atoms with Crippen LogP contribution in [0.3, 0.4) is 0 Å². The summed E-state index contributed by atoms with van der Waals surface area (Å²) >= 11 is 0. The summed E-state index contributed by atoms with van der Waals surface area (Å²) in [6.07, 6.45) is 2.64. The molecule has 0 saturated heterocycles. The van der Waals surface area contributed by atoms with E-state index < -0.39 is 62.3 Å². The van der Waals surface area contributed by atoms with E-state index in [0.717, 1.165) is 16.5 Å². The number of carboxylic acid groups (broad SMARTS) is 1. The molecule has 5 rings (SSSR count). The molecule has 0 atom stereocenters. The van der Waals surface area contributed by atoms with Gasteiger partial charge in [0, 0.05) is 18.5 Å². The van der Waals surface area contributed by atoms with Crippen LogP contribution in [0.15, 0.2) is 51.9 Å². The molecule has 0 aliphatic heterocycles. The van der Waals surface area contributed by atoms with Gasteiger partial charge in [0.25, 0.3) is 0 Å². The SMILES string of the molecule is Nc1c(F)c(-c2ccncc2)c(F)c2c1c(=O)c(C(=O)O)c1oc3cc(F)ccc3n12. The van der Waals surface area contributed by atoms with E-state index in [1.807, 2.05) is 0 Å². The summed E-state index contributed by atoms with van der Waals surface area (Å²) in [5.41, 5.74) is 1.52. The summed E-state index contributed by atoms with van der Waals surface area (Å²) in [4.78, 5) is 28.6. The van der Waals surface area contributed by atoms with Gasteiger partial charge in [-0.1, -0.05) is 0 Å². The number of benzene rings is 2. The first-order valence-electron chi connectivity index (χ1n) is 8.81. The Kier molecular flexibility index (Phi) is 3.81. The van der Waals surface area contributed by atoms with Crippen molar-refractivity contribution in [3.8, 4) is 11.1 Å². The molecule has 0 aliphatic rings. The van der Waals surface area contributed by atoms with Crippen LogP contribution < -0.4 is 11.2 Å². The number of aromatic carboxylic acids is 1. The first-order valence-corrected chi connectivity index (χ1v) is 8.81. The van der Waals surface area contributed by atoms with E-state index in [-0.39, 0.29) is 16.7 Å². The van der Waals surface area contributed by atoms with Gasteiger partial charge in [0.15, 0.2) is 22.8 Å². The third-order valence-electron chi connectivity index (χ3n) is 5.04. The van der Waals surface area contributed by atoms with Crippen LogP contribution in [0.5, 0.6) is 0 Å². The number of nitrogens with two attached hydrogens (primary N) is 1. The Balaban J connectivity index is 2.14. The molecule has 0 saturated carbocycles. The van der Waals surface area contributed by atoms with Crippen LogP contribution in [-0.2, 0) is 0 Å². The van der Waals surface area contributed by atoms with Gasteiger partial charge in [-0.15, -0.1) is 0 Å². The molecule has 31 heavy (non-hydrogen) atoms. The van der Waals surface area contributed by atoms with E-state index in [9.17, 15) is 19.1 Å². The van der Waals surface area contributed by atoms with E-state index in [1.54, 1.807) is 0 Å². The minimum atomic E-state index is -1.69. The Labute approximate surface area is 169 Å². The van der Waals surface area contributed by atoms with Gasteiger partial charge in [0.2, 0.25) is 11.1 Å². The van der Waals surface area contributed by atoms with Crippen molar-refractivity contribution in [1.82, 2.24) is 9.38 Å². The molecule has 10 heteroatoms. The molecule has 0 bridgehead atoms. The van der Waals surface area contributed by atoms with Crippen LogP contribution in [0.25, 0.3) is 38.8 Å². The molecule has 0 aliphatic carbocycles. The quantitative estimate of drug-likeness (QED) is 0.414. The van der Waals surface area contributed by atoms with Gasteiger partial charge in [-0.25, -0.2) is 18.0 Å². The van der Waals surface area contributed by atoms with Gasteiger partial charge in [0.05, 0.1) is 27.7 Å². The predicted molar refractivity (Wildman–Crippen MR) is 105 cm³/mol. The number of anilines is 1. The second-order valence-electron chi connectivity index (χ2n) is 6.74. The average molecular weight is 425 g/mol. The summed E-state index contributed by atoms with van der Waals surface area (Å²) in [5.74, 6) is -4.77. The number of nitrogen functional groups attached to an aromatic ring is 1. The minimum Gasteiger partial charge on any atom is -0.477 e. The van der Waals surface area contributed by atoms with Gasteiger partial charge in [0.1, 0.15) is 5.82 Å². The number of nitrogens with zero attached hydrogens (tertiary/aromatic N) is 2. The van der Waals surface area contributed by atoms with Crippen molar-refractivity contribution in [3.05, 3.63) is 76.0 Å². The monoisotopic (exact) mass is 425 g/mol. The highest BCUT2D eigenvalue weighted by Crippen LogP contribution is 2.37. The predicted octanol–water partition coefficient (Wildman–Crippen LogP) is 3.96. The highest BCUT2D eigenvalue weighted by molar-refractivity contribution is 6.06. The zero-order chi connectivity index (χ0) is 22.0. The van der Waals surface area contributed by atoms with Gasteiger partial charge in [-0.3, -0.25) is 14.2 Å². The molecule has 0 radical (unpaired) electrons. The third-order valence-corrected chi connectivity index (χ3v) is 5.04. The molecule has 0 spiro atoms. The number of halogens is 3. The second kappa shape index (κ2) is 6.33. The maximum atomic E-state index is 15.8. The molecule has 2 aromatic carbocycles. The summed E-state index contributed by atoms with van der Waals surface area (Å²) in [6, 6.07) is 5.93. The van der Waals surface area contributed by atoms with Gasteiger partial charge in [-0.05, 0) is 29.8 Å². The molecule has 0 amide bonds. The maximum Gasteiger partial charge on any atom is 0.345 e. The smallest absolute Gasteiger partial charge is 0.345 e. The average Bonchev–Trinajstić information content (AvgIpc) is 3.09. The number of oxazole rings is 1. The van der Waals surface area contributed by atoms with Crippen molar-refractivity contribution in [2.75, 3.05) is 5.73 Å². The minimum absolute atomic E-state index is 0.0643. The molecular weight excluding hydrogens is 415 g/mol. The zero-order valence-electron chi connectivity index (χ0n) is 15.3. The highest BCUT2D eigenvalue weighted by atomic mass is 19.1. The topological polar surface area (TPSA) is 111 Å². The summed E-state index contributed by atoms with van der Waals surface area (Å²) in [7, 11) is 0. The van der Waals surface area contributed by atoms with Crippen molar-refractivity contribution in [2.45, 2.75) is 0 Å². The molecule has 0 unspecified atom stereocenters. The lowest BCUT2D eigenvalue weighted by atomic mass is 9.99. The van der Waals surface area contributed by atoms with Crippen molar-refractivity contribution in [3.63, 3.8) is 0 Å². The van der Waals surface area contributed by atoms with Crippen LogP contribution in [0.2, 0.25) is 0 Å². The lowest BCUT2D eigenvalue weighted by Crippen LogP contribution is -2.20. The summed E-state index contributed by atoms with van der Waals surface area (Å²) in [6.45, 7) is 0. The number of aromatic nitrogens is 2. The largest absolute Gasteiger partial charge is 0.477 e. The fourth-order valence-electron chi connectivity index (χ4n) is 3.72. The second-order valence-corrected chi connectivity index (χ2v) is 6.74. The molecule has 154 valence electrons. The zero-order valence-corrected chi connectivity index (χ0v) is 15.3.